The topological polar surface area (TPSA) is 76.7 Å². The molecule has 0 aliphatic heterocycles. The van der Waals surface area contributed by atoms with Crippen LogP contribution in [0, 0.1) is 0 Å². The second kappa shape index (κ2) is 4.45. The highest BCUT2D eigenvalue weighted by Gasteiger charge is 2.08. The van der Waals surface area contributed by atoms with Gasteiger partial charge in [0.2, 0.25) is 0 Å². The number of hydrogen-bond acceptors (Lipinski definition) is 3. The van der Waals surface area contributed by atoms with Gasteiger partial charge in [0.15, 0.2) is 5.82 Å². The van der Waals surface area contributed by atoms with Crippen LogP contribution >= 0.6 is 0 Å². The summed E-state index contributed by atoms with van der Waals surface area (Å²) in [6, 6.07) is 16.5. The van der Waals surface area contributed by atoms with Crippen molar-refractivity contribution in [3.63, 3.8) is 0 Å². The van der Waals surface area contributed by atoms with Crippen LogP contribution in [0.1, 0.15) is 0 Å². The number of anilines is 1. The van der Waals surface area contributed by atoms with Gasteiger partial charge in [-0.3, -0.25) is 4.98 Å². The van der Waals surface area contributed by atoms with E-state index in [-0.39, 0.29) is 5.69 Å². The number of nitrogen functional groups attached to an aromatic ring is 1. The molecule has 5 nitrogen and oxygen atoms in total. The zero-order valence-corrected chi connectivity index (χ0v) is 10.1. The van der Waals surface area contributed by atoms with Gasteiger partial charge in [-0.05, 0) is 36.4 Å². The second-order valence-corrected chi connectivity index (χ2v) is 4.15. The Kier molecular flexibility index (Phi) is 2.64. The molecule has 5 heteroatoms. The maximum Gasteiger partial charge on any atom is 0.348 e. The van der Waals surface area contributed by atoms with E-state index in [0.29, 0.717) is 11.5 Å². The maximum absolute atomic E-state index is 11.9. The molecule has 0 aliphatic carbocycles. The Morgan fingerprint density at radius 1 is 1.00 bits per heavy atom. The molecule has 0 amide bonds. The quantitative estimate of drug-likeness (QED) is 0.683. The number of benzene rings is 2. The molecule has 0 saturated heterocycles. The smallest absolute Gasteiger partial charge is 0.348 e. The third-order valence-electron chi connectivity index (χ3n) is 2.80. The molecule has 0 bridgehead atoms. The van der Waals surface area contributed by atoms with E-state index < -0.39 is 0 Å². The minimum absolute atomic E-state index is 0.266. The molecular weight excluding hydrogens is 240 g/mol. The first kappa shape index (κ1) is 11.3. The van der Waals surface area contributed by atoms with E-state index in [1.807, 2.05) is 42.5 Å². The van der Waals surface area contributed by atoms with Gasteiger partial charge in [-0.2, -0.15) is 4.68 Å². The zero-order valence-electron chi connectivity index (χ0n) is 10.1. The summed E-state index contributed by atoms with van der Waals surface area (Å²) in [5.74, 6) is 0.522. The molecule has 0 radical (unpaired) electrons. The fourth-order valence-electron chi connectivity index (χ4n) is 1.84. The summed E-state index contributed by atoms with van der Waals surface area (Å²) in [4.78, 5) is 14.6. The highest BCUT2D eigenvalue weighted by Crippen LogP contribution is 2.15. The van der Waals surface area contributed by atoms with E-state index in [4.69, 9.17) is 5.73 Å². The van der Waals surface area contributed by atoms with Crippen LogP contribution in [0.3, 0.4) is 0 Å². The van der Waals surface area contributed by atoms with E-state index >= 15 is 0 Å². The van der Waals surface area contributed by atoms with E-state index in [1.165, 1.54) is 4.68 Å². The van der Waals surface area contributed by atoms with Gasteiger partial charge in [0.25, 0.3) is 0 Å². The number of aromatic amines is 1. The Morgan fingerprint density at radius 3 is 2.37 bits per heavy atom. The minimum Gasteiger partial charge on any atom is -0.399 e. The number of para-hydroxylation sites is 1. The van der Waals surface area contributed by atoms with Crippen LogP contribution in [0.5, 0.6) is 0 Å². The van der Waals surface area contributed by atoms with Crippen LogP contribution in [0.25, 0.3) is 17.1 Å². The highest BCUT2D eigenvalue weighted by molar-refractivity contribution is 5.58. The molecule has 3 aromatic rings. The van der Waals surface area contributed by atoms with Gasteiger partial charge in [0, 0.05) is 11.3 Å². The lowest BCUT2D eigenvalue weighted by molar-refractivity contribution is 0.845. The molecule has 0 saturated carbocycles. The van der Waals surface area contributed by atoms with Gasteiger partial charge in [-0.15, -0.1) is 5.10 Å². The summed E-state index contributed by atoms with van der Waals surface area (Å²) in [6.07, 6.45) is 0. The SMILES string of the molecule is Nc1ccc(-c2nn(-c3ccccc3)c(=O)[nH]2)cc1. The van der Waals surface area contributed by atoms with E-state index in [9.17, 15) is 4.79 Å². The van der Waals surface area contributed by atoms with Crippen LogP contribution in [-0.4, -0.2) is 14.8 Å². The predicted molar refractivity (Wildman–Crippen MR) is 74.0 cm³/mol. The predicted octanol–water partition coefficient (Wildman–Crippen LogP) is 1.81. The molecule has 0 atom stereocenters. The van der Waals surface area contributed by atoms with Crippen LogP contribution < -0.4 is 11.4 Å². The minimum atomic E-state index is -0.266. The van der Waals surface area contributed by atoms with Crippen LogP contribution in [0.4, 0.5) is 5.69 Å². The first-order valence-electron chi connectivity index (χ1n) is 5.85. The molecule has 0 unspecified atom stereocenters. The third kappa shape index (κ3) is 2.13. The van der Waals surface area contributed by atoms with Gasteiger partial charge in [-0.1, -0.05) is 18.2 Å². The first-order valence-corrected chi connectivity index (χ1v) is 5.85. The number of rotatable bonds is 2. The monoisotopic (exact) mass is 252 g/mol. The van der Waals surface area contributed by atoms with Crippen molar-refractivity contribution >= 4 is 5.69 Å². The van der Waals surface area contributed by atoms with Crippen LogP contribution in [0.2, 0.25) is 0 Å². The lowest BCUT2D eigenvalue weighted by atomic mass is 10.2. The normalized spacial score (nSPS) is 10.5. The van der Waals surface area contributed by atoms with Gasteiger partial charge in [0.05, 0.1) is 5.69 Å². The van der Waals surface area contributed by atoms with Crippen molar-refractivity contribution in [3.8, 4) is 17.1 Å². The van der Waals surface area contributed by atoms with Crippen molar-refractivity contribution in [2.45, 2.75) is 0 Å². The van der Waals surface area contributed by atoms with Crippen molar-refractivity contribution < 1.29 is 0 Å². The van der Waals surface area contributed by atoms with Gasteiger partial charge < -0.3 is 5.73 Å². The zero-order chi connectivity index (χ0) is 13.2. The van der Waals surface area contributed by atoms with Crippen molar-refractivity contribution in [3.05, 3.63) is 65.1 Å². The van der Waals surface area contributed by atoms with Crippen LogP contribution in [-0.2, 0) is 0 Å². The Morgan fingerprint density at radius 2 is 1.68 bits per heavy atom. The number of hydrogen-bond donors (Lipinski definition) is 2. The first-order chi connectivity index (χ1) is 9.24. The van der Waals surface area contributed by atoms with Gasteiger partial charge in [-0.25, -0.2) is 4.79 Å². The molecule has 0 spiro atoms. The molecular formula is C14H12N4O. The average molecular weight is 252 g/mol. The fourth-order valence-corrected chi connectivity index (χ4v) is 1.84. The highest BCUT2D eigenvalue weighted by atomic mass is 16.1. The summed E-state index contributed by atoms with van der Waals surface area (Å²) in [7, 11) is 0. The molecule has 3 rings (SSSR count). The Balaban J connectivity index is 2.07. The molecule has 1 aromatic heterocycles. The number of nitrogens with zero attached hydrogens (tertiary/aromatic N) is 2. The Hall–Kier alpha value is -2.82. The third-order valence-corrected chi connectivity index (χ3v) is 2.80. The molecule has 2 aromatic carbocycles. The largest absolute Gasteiger partial charge is 0.399 e. The van der Waals surface area contributed by atoms with E-state index in [0.717, 1.165) is 11.3 Å². The van der Waals surface area contributed by atoms with Crippen molar-refractivity contribution in [1.82, 2.24) is 14.8 Å². The molecule has 94 valence electrons. The van der Waals surface area contributed by atoms with E-state index in [2.05, 4.69) is 10.1 Å². The van der Waals surface area contributed by atoms with Crippen molar-refractivity contribution in [2.75, 3.05) is 5.73 Å². The van der Waals surface area contributed by atoms with Crippen molar-refractivity contribution in [1.29, 1.82) is 0 Å². The van der Waals surface area contributed by atoms with Crippen LogP contribution in [0.15, 0.2) is 59.4 Å². The molecule has 19 heavy (non-hydrogen) atoms. The summed E-state index contributed by atoms with van der Waals surface area (Å²) in [6.45, 7) is 0. The Labute approximate surface area is 109 Å². The fraction of sp³-hybridized carbons (Fsp3) is 0. The maximum atomic E-state index is 11.9. The van der Waals surface area contributed by atoms with Gasteiger partial charge in [0.1, 0.15) is 0 Å². The van der Waals surface area contributed by atoms with Gasteiger partial charge >= 0.3 is 5.69 Å². The lowest BCUT2D eigenvalue weighted by Crippen LogP contribution is -2.15. The summed E-state index contributed by atoms with van der Waals surface area (Å²) < 4.78 is 1.34. The summed E-state index contributed by atoms with van der Waals surface area (Å²) in [5, 5.41) is 4.29. The number of aromatic nitrogens is 3. The average Bonchev–Trinajstić information content (AvgIpc) is 2.83. The molecule has 0 fully saturated rings. The summed E-state index contributed by atoms with van der Waals surface area (Å²) >= 11 is 0. The molecule has 0 aliphatic rings. The number of nitrogens with one attached hydrogen (secondary N) is 1. The number of H-pyrrole nitrogens is 1. The summed E-state index contributed by atoms with van der Waals surface area (Å²) in [5.41, 5.74) is 7.59. The molecule has 1 heterocycles. The molecule has 3 N–H and O–H groups in total. The second-order valence-electron chi connectivity index (χ2n) is 4.15. The Bertz CT molecular complexity index is 741. The van der Waals surface area contributed by atoms with E-state index in [1.54, 1.807) is 12.1 Å². The lowest BCUT2D eigenvalue weighted by Gasteiger charge is -1.98. The standard InChI is InChI=1S/C14H12N4O/c15-11-8-6-10(7-9-11)13-16-14(19)18(17-13)12-4-2-1-3-5-12/h1-9H,15H2,(H,16,17,19). The van der Waals surface area contributed by atoms with Crippen molar-refractivity contribution in [2.24, 2.45) is 0 Å². The number of nitrogens with two attached hydrogens (primary N) is 1.